The molecule has 0 aromatic heterocycles. The SMILES string of the molecule is O=C1[C@@H]2[C@H]3O[C@@H]([C@@H](Br)[C@H]3Br)[C@H]2C(=O)N1c1ccccc1. The molecule has 0 N–H and O–H groups in total. The van der Waals surface area contributed by atoms with Crippen LogP contribution in [0.2, 0.25) is 0 Å². The molecule has 3 heterocycles. The maximum atomic E-state index is 12.6. The first kappa shape index (κ1) is 13.0. The molecule has 1 aromatic rings. The molecule has 2 bridgehead atoms. The second-order valence-electron chi connectivity index (χ2n) is 5.35. The van der Waals surface area contributed by atoms with Crippen LogP contribution in [-0.2, 0) is 14.3 Å². The van der Waals surface area contributed by atoms with Crippen molar-refractivity contribution in [1.82, 2.24) is 0 Å². The Labute approximate surface area is 132 Å². The van der Waals surface area contributed by atoms with Gasteiger partial charge in [-0.2, -0.15) is 0 Å². The third kappa shape index (κ3) is 1.50. The number of carbonyl (C=O) groups is 2. The zero-order valence-electron chi connectivity index (χ0n) is 10.3. The lowest BCUT2D eigenvalue weighted by Gasteiger charge is -2.24. The summed E-state index contributed by atoms with van der Waals surface area (Å²) in [4.78, 5) is 26.7. The van der Waals surface area contributed by atoms with Gasteiger partial charge in [-0.05, 0) is 12.1 Å². The number of hydrogen-bond acceptors (Lipinski definition) is 3. The van der Waals surface area contributed by atoms with Crippen LogP contribution in [0, 0.1) is 11.8 Å². The van der Waals surface area contributed by atoms with E-state index < -0.39 is 0 Å². The average molecular weight is 401 g/mol. The zero-order chi connectivity index (χ0) is 14.0. The van der Waals surface area contributed by atoms with Crippen molar-refractivity contribution in [3.05, 3.63) is 30.3 Å². The highest BCUT2D eigenvalue weighted by molar-refractivity contribution is 9.12. The van der Waals surface area contributed by atoms with Gasteiger partial charge in [0.05, 0.1) is 39.4 Å². The lowest BCUT2D eigenvalue weighted by atomic mass is 9.81. The molecule has 3 aliphatic heterocycles. The van der Waals surface area contributed by atoms with E-state index in [-0.39, 0.29) is 45.5 Å². The number of halogens is 2. The van der Waals surface area contributed by atoms with Crippen molar-refractivity contribution in [2.24, 2.45) is 11.8 Å². The quantitative estimate of drug-likeness (QED) is 0.535. The smallest absolute Gasteiger partial charge is 0.240 e. The number of amides is 2. The van der Waals surface area contributed by atoms with Crippen molar-refractivity contribution in [3.63, 3.8) is 0 Å². The second-order valence-corrected chi connectivity index (χ2v) is 7.47. The number of imide groups is 1. The summed E-state index contributed by atoms with van der Waals surface area (Å²) in [5.74, 6) is -0.984. The molecule has 3 aliphatic rings. The van der Waals surface area contributed by atoms with Gasteiger partial charge in [-0.1, -0.05) is 50.1 Å². The number of para-hydroxylation sites is 1. The molecule has 0 radical (unpaired) electrons. The molecule has 0 spiro atoms. The topological polar surface area (TPSA) is 46.6 Å². The van der Waals surface area contributed by atoms with Crippen molar-refractivity contribution in [2.45, 2.75) is 21.9 Å². The highest BCUT2D eigenvalue weighted by Crippen LogP contribution is 2.53. The number of alkyl halides is 2. The Morgan fingerprint density at radius 3 is 1.90 bits per heavy atom. The summed E-state index contributed by atoms with van der Waals surface area (Å²) in [6, 6.07) is 9.10. The molecule has 20 heavy (non-hydrogen) atoms. The standard InChI is InChI=1S/C14H11Br2NO3/c15-9-10(16)12-8-7(11(9)20-12)13(18)17(14(8)19)6-4-2-1-3-5-6/h1-5,7-12H/t7-,8-,9-,10+,11+,12+/m0/s1. The fourth-order valence-electron chi connectivity index (χ4n) is 3.49. The molecule has 1 aromatic carbocycles. The zero-order valence-corrected chi connectivity index (χ0v) is 13.5. The molecular weight excluding hydrogens is 390 g/mol. The van der Waals surface area contributed by atoms with Gasteiger partial charge in [0.1, 0.15) is 0 Å². The van der Waals surface area contributed by atoms with Gasteiger partial charge in [0.25, 0.3) is 0 Å². The van der Waals surface area contributed by atoms with Crippen LogP contribution in [0.1, 0.15) is 0 Å². The third-order valence-electron chi connectivity index (χ3n) is 4.37. The van der Waals surface area contributed by atoms with Crippen molar-refractivity contribution < 1.29 is 14.3 Å². The Morgan fingerprint density at radius 1 is 0.900 bits per heavy atom. The fraction of sp³-hybridized carbons (Fsp3) is 0.429. The minimum atomic E-state index is -0.356. The van der Waals surface area contributed by atoms with Gasteiger partial charge in [0, 0.05) is 0 Å². The van der Waals surface area contributed by atoms with Crippen LogP contribution in [0.3, 0.4) is 0 Å². The van der Waals surface area contributed by atoms with E-state index in [9.17, 15) is 9.59 Å². The Bertz CT molecular complexity index is 561. The van der Waals surface area contributed by atoms with Gasteiger partial charge in [-0.25, -0.2) is 4.90 Å². The van der Waals surface area contributed by atoms with Crippen molar-refractivity contribution in [1.29, 1.82) is 0 Å². The molecule has 0 aliphatic carbocycles. The Hall–Kier alpha value is -0.720. The van der Waals surface area contributed by atoms with E-state index in [0.29, 0.717) is 5.69 Å². The summed E-state index contributed by atoms with van der Waals surface area (Å²) in [5.41, 5.74) is 0.647. The van der Waals surface area contributed by atoms with E-state index in [1.54, 1.807) is 12.1 Å². The summed E-state index contributed by atoms with van der Waals surface area (Å²) in [7, 11) is 0. The summed E-state index contributed by atoms with van der Waals surface area (Å²) in [5, 5.41) is 0. The maximum Gasteiger partial charge on any atom is 0.240 e. The Balaban J connectivity index is 1.75. The van der Waals surface area contributed by atoms with Gasteiger partial charge in [0.2, 0.25) is 11.8 Å². The van der Waals surface area contributed by atoms with E-state index in [1.165, 1.54) is 4.90 Å². The van der Waals surface area contributed by atoms with Crippen LogP contribution in [0.4, 0.5) is 5.69 Å². The van der Waals surface area contributed by atoms with Crippen LogP contribution in [-0.4, -0.2) is 33.7 Å². The van der Waals surface area contributed by atoms with E-state index >= 15 is 0 Å². The number of fused-ring (bicyclic) bond motifs is 5. The van der Waals surface area contributed by atoms with Gasteiger partial charge < -0.3 is 4.74 Å². The Kier molecular flexibility index (Phi) is 2.85. The van der Waals surface area contributed by atoms with Gasteiger partial charge in [0.15, 0.2) is 0 Å². The molecule has 3 fully saturated rings. The second kappa shape index (κ2) is 4.39. The Morgan fingerprint density at radius 2 is 1.40 bits per heavy atom. The number of rotatable bonds is 1. The minimum absolute atomic E-state index is 0.0706. The fourth-order valence-corrected chi connectivity index (χ4v) is 5.00. The molecule has 104 valence electrons. The summed E-state index contributed by atoms with van der Waals surface area (Å²) in [6.07, 6.45) is -0.445. The number of ether oxygens (including phenoxy) is 1. The van der Waals surface area contributed by atoms with E-state index in [0.717, 1.165) is 0 Å². The van der Waals surface area contributed by atoms with Crippen molar-refractivity contribution in [2.75, 3.05) is 4.90 Å². The summed E-state index contributed by atoms with van der Waals surface area (Å²) < 4.78 is 5.83. The predicted molar refractivity (Wildman–Crippen MR) is 80.0 cm³/mol. The molecule has 4 nitrogen and oxygen atoms in total. The van der Waals surface area contributed by atoms with Crippen molar-refractivity contribution >= 4 is 49.4 Å². The van der Waals surface area contributed by atoms with Crippen LogP contribution < -0.4 is 4.90 Å². The van der Waals surface area contributed by atoms with Crippen LogP contribution >= 0.6 is 31.9 Å². The molecule has 3 saturated heterocycles. The van der Waals surface area contributed by atoms with Gasteiger partial charge in [-0.15, -0.1) is 0 Å². The number of carbonyl (C=O) groups excluding carboxylic acids is 2. The third-order valence-corrected chi connectivity index (χ3v) is 7.26. The number of nitrogens with zero attached hydrogens (tertiary/aromatic N) is 1. The first-order valence-electron chi connectivity index (χ1n) is 6.47. The average Bonchev–Trinajstić information content (AvgIpc) is 3.05. The highest BCUT2D eigenvalue weighted by Gasteiger charge is 2.68. The molecule has 2 amide bonds. The van der Waals surface area contributed by atoms with E-state index in [1.807, 2.05) is 18.2 Å². The summed E-state index contributed by atoms with van der Waals surface area (Å²) >= 11 is 7.13. The largest absolute Gasteiger partial charge is 0.371 e. The molecule has 6 heteroatoms. The first-order chi connectivity index (χ1) is 9.61. The minimum Gasteiger partial charge on any atom is -0.371 e. The number of hydrogen-bond donors (Lipinski definition) is 0. The molecular formula is C14H11Br2NO3. The van der Waals surface area contributed by atoms with Gasteiger partial charge in [-0.3, -0.25) is 9.59 Å². The number of benzene rings is 1. The molecule has 0 saturated carbocycles. The highest BCUT2D eigenvalue weighted by atomic mass is 79.9. The molecule has 4 rings (SSSR count). The van der Waals surface area contributed by atoms with E-state index in [2.05, 4.69) is 31.9 Å². The van der Waals surface area contributed by atoms with Crippen LogP contribution in [0.15, 0.2) is 30.3 Å². The first-order valence-corrected chi connectivity index (χ1v) is 8.31. The normalized spacial score (nSPS) is 42.4. The lowest BCUT2D eigenvalue weighted by Crippen LogP contribution is -2.42. The van der Waals surface area contributed by atoms with Crippen LogP contribution in [0.5, 0.6) is 0 Å². The summed E-state index contributed by atoms with van der Waals surface area (Å²) in [6.45, 7) is 0. The van der Waals surface area contributed by atoms with E-state index in [4.69, 9.17) is 4.74 Å². The molecule has 0 unspecified atom stereocenters. The van der Waals surface area contributed by atoms with Crippen LogP contribution in [0.25, 0.3) is 0 Å². The van der Waals surface area contributed by atoms with Crippen molar-refractivity contribution in [3.8, 4) is 0 Å². The maximum absolute atomic E-state index is 12.6. The predicted octanol–water partition coefficient (Wildman–Crippen LogP) is 2.10. The monoisotopic (exact) mass is 399 g/mol. The molecule has 6 atom stereocenters. The van der Waals surface area contributed by atoms with Gasteiger partial charge >= 0.3 is 0 Å². The lowest BCUT2D eigenvalue weighted by molar-refractivity contribution is -0.124. The number of anilines is 1.